The van der Waals surface area contributed by atoms with Gasteiger partial charge in [-0.05, 0) is 56.3 Å². The number of nitrogens with two attached hydrogens (primary N) is 2. The maximum absolute atomic E-state index is 12.3. The average molecular weight is 238 g/mol. The second-order valence-corrected chi connectivity index (χ2v) is 6.77. The lowest BCUT2D eigenvalue weighted by Crippen LogP contribution is -2.56. The lowest BCUT2D eigenvalue weighted by atomic mass is 9.49. The molecule has 0 aromatic carbocycles. The molecule has 0 saturated heterocycles. The van der Waals surface area contributed by atoms with Crippen LogP contribution >= 0.6 is 0 Å². The van der Waals surface area contributed by atoms with Gasteiger partial charge < -0.3 is 4.74 Å². The number of carbonyl (C=O) groups is 1. The highest BCUT2D eigenvalue weighted by molar-refractivity contribution is 5.77. The van der Waals surface area contributed by atoms with Crippen LogP contribution in [0.15, 0.2) is 0 Å². The highest BCUT2D eigenvalue weighted by Crippen LogP contribution is 2.60. The summed E-state index contributed by atoms with van der Waals surface area (Å²) in [6.07, 6.45) is 6.93. The molecule has 0 spiro atoms. The second kappa shape index (κ2) is 3.45. The first-order chi connectivity index (χ1) is 7.86. The number of esters is 1. The van der Waals surface area contributed by atoms with Crippen LogP contribution in [-0.2, 0) is 9.53 Å². The van der Waals surface area contributed by atoms with Gasteiger partial charge >= 0.3 is 5.97 Å². The van der Waals surface area contributed by atoms with Gasteiger partial charge in [0.1, 0.15) is 0 Å². The van der Waals surface area contributed by atoms with Gasteiger partial charge in [0.2, 0.25) is 5.85 Å². The molecule has 17 heavy (non-hydrogen) atoms. The van der Waals surface area contributed by atoms with E-state index in [1.54, 1.807) is 0 Å². The molecule has 0 unspecified atom stereocenters. The van der Waals surface area contributed by atoms with Crippen molar-refractivity contribution in [2.75, 3.05) is 0 Å². The fourth-order valence-corrected chi connectivity index (χ4v) is 4.67. The van der Waals surface area contributed by atoms with Crippen LogP contribution in [0.4, 0.5) is 0 Å². The number of hydrogen-bond acceptors (Lipinski definition) is 4. The summed E-state index contributed by atoms with van der Waals surface area (Å²) in [4.78, 5) is 12.3. The molecule has 4 bridgehead atoms. The van der Waals surface area contributed by atoms with Crippen molar-refractivity contribution >= 4 is 5.97 Å². The minimum Gasteiger partial charge on any atom is -0.431 e. The highest BCUT2D eigenvalue weighted by atomic mass is 16.6. The van der Waals surface area contributed by atoms with Gasteiger partial charge in [-0.3, -0.25) is 16.3 Å². The minimum absolute atomic E-state index is 0.149. The number of carbonyl (C=O) groups excluding carboxylic acids is 1. The molecule has 4 fully saturated rings. The zero-order valence-corrected chi connectivity index (χ0v) is 10.4. The molecule has 4 nitrogen and oxygen atoms in total. The summed E-state index contributed by atoms with van der Waals surface area (Å²) in [6.45, 7) is 1.53. The van der Waals surface area contributed by atoms with Gasteiger partial charge in [-0.2, -0.15) is 0 Å². The van der Waals surface area contributed by atoms with E-state index in [0.717, 1.165) is 37.0 Å². The summed E-state index contributed by atoms with van der Waals surface area (Å²) in [5, 5.41) is 0. The minimum atomic E-state index is -1.33. The molecule has 4 saturated carbocycles. The monoisotopic (exact) mass is 238 g/mol. The van der Waals surface area contributed by atoms with E-state index in [1.165, 1.54) is 26.2 Å². The molecule has 96 valence electrons. The molecule has 0 aromatic rings. The van der Waals surface area contributed by atoms with Gasteiger partial charge in [0.05, 0.1) is 5.41 Å². The Bertz CT molecular complexity index is 311. The third-order valence-corrected chi connectivity index (χ3v) is 4.78. The fraction of sp³-hybridized carbons (Fsp3) is 0.923. The van der Waals surface area contributed by atoms with Crippen molar-refractivity contribution in [3.63, 3.8) is 0 Å². The molecular weight excluding hydrogens is 216 g/mol. The van der Waals surface area contributed by atoms with Crippen molar-refractivity contribution in [3.05, 3.63) is 0 Å². The predicted molar refractivity (Wildman–Crippen MR) is 63.5 cm³/mol. The van der Waals surface area contributed by atoms with E-state index in [2.05, 4.69) is 0 Å². The average Bonchev–Trinajstić information content (AvgIpc) is 2.12. The van der Waals surface area contributed by atoms with Crippen LogP contribution in [0.2, 0.25) is 0 Å². The van der Waals surface area contributed by atoms with Crippen molar-refractivity contribution < 1.29 is 9.53 Å². The molecule has 0 aromatic heterocycles. The van der Waals surface area contributed by atoms with Crippen LogP contribution in [0.3, 0.4) is 0 Å². The first-order valence-electron chi connectivity index (χ1n) is 6.67. The molecule has 4 aliphatic carbocycles. The molecule has 0 atom stereocenters. The largest absolute Gasteiger partial charge is 0.431 e. The van der Waals surface area contributed by atoms with Gasteiger partial charge in [-0.1, -0.05) is 0 Å². The summed E-state index contributed by atoms with van der Waals surface area (Å²) in [6, 6.07) is 0. The van der Waals surface area contributed by atoms with Crippen molar-refractivity contribution in [3.8, 4) is 0 Å². The molecule has 4 rings (SSSR count). The smallest absolute Gasteiger partial charge is 0.314 e. The zero-order chi connectivity index (χ0) is 12.3. The van der Waals surface area contributed by atoms with E-state index >= 15 is 0 Å². The Morgan fingerprint density at radius 3 is 1.88 bits per heavy atom. The molecule has 0 radical (unpaired) electrons. The van der Waals surface area contributed by atoms with E-state index in [9.17, 15) is 4.79 Å². The third kappa shape index (κ3) is 1.97. The molecule has 0 heterocycles. The van der Waals surface area contributed by atoms with Crippen LogP contribution in [0.1, 0.15) is 45.4 Å². The van der Waals surface area contributed by atoms with Gasteiger partial charge in [0.15, 0.2) is 0 Å². The van der Waals surface area contributed by atoms with Crippen LogP contribution in [-0.4, -0.2) is 11.8 Å². The maximum Gasteiger partial charge on any atom is 0.314 e. The fourth-order valence-electron chi connectivity index (χ4n) is 4.67. The highest BCUT2D eigenvalue weighted by Gasteiger charge is 2.56. The van der Waals surface area contributed by atoms with E-state index in [4.69, 9.17) is 16.2 Å². The lowest BCUT2D eigenvalue weighted by Gasteiger charge is -2.55. The van der Waals surface area contributed by atoms with E-state index in [1.807, 2.05) is 0 Å². The Hall–Kier alpha value is -0.610. The van der Waals surface area contributed by atoms with Gasteiger partial charge in [-0.25, -0.2) is 0 Å². The summed E-state index contributed by atoms with van der Waals surface area (Å²) in [5.74, 6) is 0.714. The second-order valence-electron chi connectivity index (χ2n) is 6.77. The maximum atomic E-state index is 12.3. The number of rotatable bonds is 2. The van der Waals surface area contributed by atoms with E-state index in [0.29, 0.717) is 0 Å². The SMILES string of the molecule is CC(N)(N)OC(=O)C12CC3CC(CC(C3)C1)C2. The molecule has 0 amide bonds. The standard InChI is InChI=1S/C13H22N2O2/c1-12(14,15)17-11(16)13-5-8-2-9(6-13)4-10(3-8)7-13/h8-10H,2-7,14-15H2,1H3. The Labute approximate surface area is 102 Å². The summed E-state index contributed by atoms with van der Waals surface area (Å²) in [5.41, 5.74) is 10.9. The topological polar surface area (TPSA) is 78.3 Å². The molecular formula is C13H22N2O2. The Balaban J connectivity index is 1.80. The van der Waals surface area contributed by atoms with Crippen molar-refractivity contribution in [1.82, 2.24) is 0 Å². The molecule has 4 N–H and O–H groups in total. The summed E-state index contributed by atoms with van der Waals surface area (Å²) < 4.78 is 5.24. The molecule has 4 aliphatic rings. The quantitative estimate of drug-likeness (QED) is 0.562. The third-order valence-electron chi connectivity index (χ3n) is 4.78. The van der Waals surface area contributed by atoms with Gasteiger partial charge in [-0.15, -0.1) is 0 Å². The van der Waals surface area contributed by atoms with Crippen molar-refractivity contribution in [2.24, 2.45) is 34.6 Å². The normalized spacial score (nSPS) is 43.8. The summed E-state index contributed by atoms with van der Waals surface area (Å²) in [7, 11) is 0. The first-order valence-corrected chi connectivity index (χ1v) is 6.67. The Kier molecular flexibility index (Phi) is 2.33. The van der Waals surface area contributed by atoms with Gasteiger partial charge in [0, 0.05) is 6.92 Å². The van der Waals surface area contributed by atoms with Crippen molar-refractivity contribution in [2.45, 2.75) is 51.3 Å². The van der Waals surface area contributed by atoms with Crippen molar-refractivity contribution in [1.29, 1.82) is 0 Å². The number of ether oxygens (including phenoxy) is 1. The van der Waals surface area contributed by atoms with Crippen LogP contribution in [0, 0.1) is 23.2 Å². The van der Waals surface area contributed by atoms with Crippen LogP contribution < -0.4 is 11.5 Å². The molecule has 4 heteroatoms. The predicted octanol–water partition coefficient (Wildman–Crippen LogP) is 1.34. The lowest BCUT2D eigenvalue weighted by molar-refractivity contribution is -0.184. The van der Waals surface area contributed by atoms with Crippen LogP contribution in [0.5, 0.6) is 0 Å². The Morgan fingerprint density at radius 1 is 1.12 bits per heavy atom. The first kappa shape index (κ1) is 11.5. The van der Waals surface area contributed by atoms with E-state index in [-0.39, 0.29) is 11.4 Å². The molecule has 0 aliphatic heterocycles. The van der Waals surface area contributed by atoms with E-state index < -0.39 is 5.85 Å². The summed E-state index contributed by atoms with van der Waals surface area (Å²) >= 11 is 0. The van der Waals surface area contributed by atoms with Crippen LogP contribution in [0.25, 0.3) is 0 Å². The zero-order valence-electron chi connectivity index (χ0n) is 10.4. The Morgan fingerprint density at radius 2 is 1.53 bits per heavy atom. The van der Waals surface area contributed by atoms with Gasteiger partial charge in [0.25, 0.3) is 0 Å². The number of hydrogen-bond donors (Lipinski definition) is 2.